The predicted molar refractivity (Wildman–Crippen MR) is 90.0 cm³/mol. The van der Waals surface area contributed by atoms with Crippen molar-refractivity contribution in [2.45, 2.75) is 31.0 Å². The number of aromatic carboxylic acids is 1. The summed E-state index contributed by atoms with van der Waals surface area (Å²) in [5.41, 5.74) is -2.57. The first kappa shape index (κ1) is 20.7. The van der Waals surface area contributed by atoms with Gasteiger partial charge in [0.1, 0.15) is 11.4 Å². The maximum absolute atomic E-state index is 13.3. The molecule has 0 aliphatic heterocycles. The van der Waals surface area contributed by atoms with Crippen LogP contribution in [0, 0.1) is 0 Å². The van der Waals surface area contributed by atoms with Gasteiger partial charge in [0.25, 0.3) is 0 Å². The molecule has 12 heteroatoms. The van der Waals surface area contributed by atoms with E-state index < -0.39 is 33.2 Å². The molecular formula is C15H17F3N4O4S. The Balaban J connectivity index is 2.81. The van der Waals surface area contributed by atoms with E-state index >= 15 is 0 Å². The van der Waals surface area contributed by atoms with Crippen molar-refractivity contribution in [1.82, 2.24) is 14.8 Å². The molecule has 0 aliphatic carbocycles. The van der Waals surface area contributed by atoms with Crippen molar-refractivity contribution in [2.24, 2.45) is 0 Å². The van der Waals surface area contributed by atoms with Crippen molar-refractivity contribution >= 4 is 21.6 Å². The van der Waals surface area contributed by atoms with Crippen LogP contribution in [0.15, 0.2) is 23.2 Å². The number of halogens is 3. The summed E-state index contributed by atoms with van der Waals surface area (Å²) in [7, 11) is -2.13. The SMILES string of the molecule is CC(C)N(C)c1c(C(=O)O)c(C(F)(F)F)nn1-c1ccc(S(C)(=O)=O)cn1. The normalized spacial score (nSPS) is 12.4. The van der Waals surface area contributed by atoms with Gasteiger partial charge in [-0.1, -0.05) is 0 Å². The van der Waals surface area contributed by atoms with Crippen LogP contribution >= 0.6 is 0 Å². The molecule has 0 aliphatic rings. The standard InChI is InChI=1S/C15H17F3N4O4S/c1-8(2)21(3)13-11(14(23)24)12(15(16,17)18)20-22(13)10-6-5-9(7-19-10)27(4,25)26/h5-8H,1-4H3,(H,23,24). The maximum Gasteiger partial charge on any atom is 0.436 e. The number of carboxylic acids is 1. The number of alkyl halides is 3. The number of hydrogen-bond donors (Lipinski definition) is 1. The van der Waals surface area contributed by atoms with Crippen LogP contribution in [0.1, 0.15) is 29.9 Å². The first-order valence-electron chi connectivity index (χ1n) is 7.58. The molecule has 0 atom stereocenters. The van der Waals surface area contributed by atoms with Crippen LogP contribution in [0.4, 0.5) is 19.0 Å². The van der Waals surface area contributed by atoms with Gasteiger partial charge < -0.3 is 10.0 Å². The van der Waals surface area contributed by atoms with E-state index in [1.165, 1.54) is 11.9 Å². The third kappa shape index (κ3) is 4.04. The molecular weight excluding hydrogens is 389 g/mol. The second-order valence-electron chi connectivity index (χ2n) is 6.09. The molecule has 2 heterocycles. The van der Waals surface area contributed by atoms with Gasteiger partial charge in [-0.05, 0) is 26.0 Å². The predicted octanol–water partition coefficient (Wildman–Crippen LogP) is 2.23. The molecule has 27 heavy (non-hydrogen) atoms. The lowest BCUT2D eigenvalue weighted by Gasteiger charge is -2.25. The number of rotatable bonds is 5. The van der Waals surface area contributed by atoms with E-state index in [4.69, 9.17) is 0 Å². The number of anilines is 1. The summed E-state index contributed by atoms with van der Waals surface area (Å²) in [4.78, 5) is 16.6. The molecule has 8 nitrogen and oxygen atoms in total. The molecule has 0 amide bonds. The Bertz CT molecular complexity index is 966. The van der Waals surface area contributed by atoms with E-state index in [-0.39, 0.29) is 22.6 Å². The minimum absolute atomic E-state index is 0.133. The molecule has 0 aromatic carbocycles. The number of aromatic nitrogens is 3. The van der Waals surface area contributed by atoms with Gasteiger partial charge in [0.2, 0.25) is 0 Å². The van der Waals surface area contributed by atoms with Crippen LogP contribution in [0.5, 0.6) is 0 Å². The van der Waals surface area contributed by atoms with Crippen molar-refractivity contribution < 1.29 is 31.5 Å². The average Bonchev–Trinajstić information content (AvgIpc) is 2.94. The van der Waals surface area contributed by atoms with E-state index in [0.29, 0.717) is 0 Å². The lowest BCUT2D eigenvalue weighted by molar-refractivity contribution is -0.141. The smallest absolute Gasteiger partial charge is 0.436 e. The highest BCUT2D eigenvalue weighted by molar-refractivity contribution is 7.90. The van der Waals surface area contributed by atoms with Gasteiger partial charge in [-0.2, -0.15) is 23.0 Å². The van der Waals surface area contributed by atoms with Crippen molar-refractivity contribution in [2.75, 3.05) is 18.2 Å². The van der Waals surface area contributed by atoms with Gasteiger partial charge in [0.05, 0.1) is 4.90 Å². The van der Waals surface area contributed by atoms with Gasteiger partial charge >= 0.3 is 12.1 Å². The Kier molecular flexibility index (Phi) is 5.23. The molecule has 148 valence electrons. The molecule has 2 aromatic rings. The van der Waals surface area contributed by atoms with Gasteiger partial charge in [0, 0.05) is 25.5 Å². The summed E-state index contributed by atoms with van der Waals surface area (Å²) in [5.74, 6) is -2.25. The van der Waals surface area contributed by atoms with E-state index in [1.807, 2.05) is 0 Å². The molecule has 2 aromatic heterocycles. The fourth-order valence-electron chi connectivity index (χ4n) is 2.25. The Labute approximate surface area is 153 Å². The zero-order valence-electron chi connectivity index (χ0n) is 14.8. The monoisotopic (exact) mass is 406 g/mol. The summed E-state index contributed by atoms with van der Waals surface area (Å²) in [5, 5.41) is 12.8. The van der Waals surface area contributed by atoms with Gasteiger partial charge in [0.15, 0.2) is 21.3 Å². The Hall–Kier alpha value is -2.63. The highest BCUT2D eigenvalue weighted by Gasteiger charge is 2.43. The molecule has 0 spiro atoms. The molecule has 1 N–H and O–H groups in total. The Morgan fingerprint density at radius 1 is 1.30 bits per heavy atom. The van der Waals surface area contributed by atoms with Crippen LogP contribution in [-0.4, -0.2) is 53.6 Å². The van der Waals surface area contributed by atoms with E-state index in [0.717, 1.165) is 29.3 Å². The summed E-state index contributed by atoms with van der Waals surface area (Å²) < 4.78 is 63.8. The Morgan fingerprint density at radius 2 is 1.89 bits per heavy atom. The van der Waals surface area contributed by atoms with Crippen molar-refractivity contribution in [3.63, 3.8) is 0 Å². The Morgan fingerprint density at radius 3 is 2.26 bits per heavy atom. The molecule has 2 rings (SSSR count). The largest absolute Gasteiger partial charge is 0.477 e. The zero-order chi connectivity index (χ0) is 20.7. The van der Waals surface area contributed by atoms with Crippen LogP contribution in [0.2, 0.25) is 0 Å². The van der Waals surface area contributed by atoms with E-state index in [2.05, 4.69) is 10.1 Å². The average molecular weight is 406 g/mol. The number of carbonyl (C=O) groups is 1. The molecule has 0 saturated carbocycles. The molecule has 0 saturated heterocycles. The van der Waals surface area contributed by atoms with E-state index in [9.17, 15) is 31.5 Å². The number of nitrogens with zero attached hydrogens (tertiary/aromatic N) is 4. The quantitative estimate of drug-likeness (QED) is 0.812. The first-order valence-corrected chi connectivity index (χ1v) is 9.47. The molecule has 0 unspecified atom stereocenters. The fourth-order valence-corrected chi connectivity index (χ4v) is 2.81. The van der Waals surface area contributed by atoms with Crippen LogP contribution in [0.3, 0.4) is 0 Å². The summed E-state index contributed by atoms with van der Waals surface area (Å²) in [6.07, 6.45) is -3.07. The van der Waals surface area contributed by atoms with Crippen LogP contribution in [-0.2, 0) is 16.0 Å². The van der Waals surface area contributed by atoms with Crippen LogP contribution < -0.4 is 4.90 Å². The third-order valence-electron chi connectivity index (χ3n) is 3.82. The van der Waals surface area contributed by atoms with Crippen molar-refractivity contribution in [1.29, 1.82) is 0 Å². The highest BCUT2D eigenvalue weighted by atomic mass is 32.2. The third-order valence-corrected chi connectivity index (χ3v) is 4.92. The summed E-state index contributed by atoms with van der Waals surface area (Å²) >= 11 is 0. The second-order valence-corrected chi connectivity index (χ2v) is 8.11. The molecule has 0 bridgehead atoms. The van der Waals surface area contributed by atoms with Gasteiger partial charge in [-0.3, -0.25) is 0 Å². The topological polar surface area (TPSA) is 105 Å². The molecule has 0 radical (unpaired) electrons. The minimum atomic E-state index is -5.00. The molecule has 0 fully saturated rings. The highest BCUT2D eigenvalue weighted by Crippen LogP contribution is 2.37. The van der Waals surface area contributed by atoms with Crippen LogP contribution in [0.25, 0.3) is 5.82 Å². The van der Waals surface area contributed by atoms with Gasteiger partial charge in [-0.15, -0.1) is 0 Å². The number of carboxylic acid groups (broad SMARTS) is 1. The summed E-state index contributed by atoms with van der Waals surface area (Å²) in [6, 6.07) is 1.97. The maximum atomic E-state index is 13.3. The fraction of sp³-hybridized carbons (Fsp3) is 0.400. The lowest BCUT2D eigenvalue weighted by Crippen LogP contribution is -2.29. The van der Waals surface area contributed by atoms with Crippen molar-refractivity contribution in [3.8, 4) is 5.82 Å². The minimum Gasteiger partial charge on any atom is -0.477 e. The summed E-state index contributed by atoms with van der Waals surface area (Å²) in [6.45, 7) is 3.33. The second kappa shape index (κ2) is 6.83. The van der Waals surface area contributed by atoms with Gasteiger partial charge in [-0.25, -0.2) is 18.2 Å². The lowest BCUT2D eigenvalue weighted by atomic mass is 10.2. The zero-order valence-corrected chi connectivity index (χ0v) is 15.6. The first-order chi connectivity index (χ1) is 12.2. The number of hydrogen-bond acceptors (Lipinski definition) is 6. The van der Waals surface area contributed by atoms with Crippen molar-refractivity contribution in [3.05, 3.63) is 29.6 Å². The number of sulfone groups is 1. The van der Waals surface area contributed by atoms with E-state index in [1.54, 1.807) is 13.8 Å². The number of pyridine rings is 1.